The highest BCUT2D eigenvalue weighted by molar-refractivity contribution is 6.06. The predicted molar refractivity (Wildman–Crippen MR) is 111 cm³/mol. The molecule has 3 aromatic rings. The Morgan fingerprint density at radius 1 is 1.12 bits per heavy atom. The number of carbonyl (C=O) groups excluding carboxylic acids is 2. The highest BCUT2D eigenvalue weighted by Crippen LogP contribution is 2.34. The van der Waals surface area contributed by atoms with Gasteiger partial charge in [-0.1, -0.05) is 30.3 Å². The predicted octanol–water partition coefficient (Wildman–Crippen LogP) is 2.62. The van der Waals surface area contributed by atoms with Gasteiger partial charge in [0.2, 0.25) is 0 Å². The number of amides is 1. The molecule has 4 rings (SSSR count). The number of nitrogens with zero attached hydrogens (tertiary/aromatic N) is 1. The van der Waals surface area contributed by atoms with Crippen molar-refractivity contribution >= 4 is 28.5 Å². The van der Waals surface area contributed by atoms with Gasteiger partial charge in [-0.3, -0.25) is 9.78 Å². The van der Waals surface area contributed by atoms with Crippen molar-refractivity contribution in [3.8, 4) is 0 Å². The molecule has 0 aliphatic carbocycles. The third-order valence-electron chi connectivity index (χ3n) is 5.39. The summed E-state index contributed by atoms with van der Waals surface area (Å²) in [6, 6.07) is 11.8. The number of esters is 1. The first kappa shape index (κ1) is 21.8. The fourth-order valence-electron chi connectivity index (χ4n) is 3.88. The Balaban J connectivity index is 1.56. The third-order valence-corrected chi connectivity index (χ3v) is 5.39. The van der Waals surface area contributed by atoms with Crippen LogP contribution < -0.4 is 10.2 Å². The molecule has 9 heteroatoms. The zero-order valence-electron chi connectivity index (χ0n) is 17.3. The minimum atomic E-state index is -4.62. The van der Waals surface area contributed by atoms with Crippen molar-refractivity contribution in [2.75, 3.05) is 25.5 Å². The number of nitrogens with one attached hydrogen (secondary N) is 2. The normalized spacial score (nSPS) is 15.8. The van der Waals surface area contributed by atoms with Gasteiger partial charge in [0.15, 0.2) is 6.61 Å². The number of pyridine rings is 1. The Hall–Kier alpha value is -3.46. The average molecular weight is 444 g/mol. The molecule has 1 amide bonds. The molecule has 0 bridgehead atoms. The number of hydrogen-bond donors (Lipinski definition) is 2. The van der Waals surface area contributed by atoms with Crippen molar-refractivity contribution in [3.63, 3.8) is 0 Å². The molecule has 2 aromatic carbocycles. The van der Waals surface area contributed by atoms with Gasteiger partial charge in [0, 0.05) is 17.4 Å². The van der Waals surface area contributed by atoms with Crippen LogP contribution in [0.1, 0.15) is 27.2 Å². The van der Waals surface area contributed by atoms with Crippen molar-refractivity contribution < 1.29 is 32.4 Å². The van der Waals surface area contributed by atoms with Crippen LogP contribution in [-0.4, -0.2) is 37.1 Å². The van der Waals surface area contributed by atoms with Gasteiger partial charge < -0.3 is 15.0 Å². The van der Waals surface area contributed by atoms with Gasteiger partial charge in [0.05, 0.1) is 41.6 Å². The van der Waals surface area contributed by atoms with Crippen LogP contribution in [0.3, 0.4) is 0 Å². The minimum Gasteiger partial charge on any atom is -0.452 e. The maximum absolute atomic E-state index is 13.1. The molecule has 32 heavy (non-hydrogen) atoms. The van der Waals surface area contributed by atoms with Gasteiger partial charge in [-0.05, 0) is 18.2 Å². The van der Waals surface area contributed by atoms with Crippen LogP contribution in [0.15, 0.2) is 48.5 Å². The summed E-state index contributed by atoms with van der Waals surface area (Å²) in [5.41, 5.74) is 1.25. The van der Waals surface area contributed by atoms with Crippen molar-refractivity contribution in [1.29, 1.82) is 0 Å². The molecule has 0 saturated carbocycles. The maximum atomic E-state index is 13.1. The lowest BCUT2D eigenvalue weighted by Gasteiger charge is -2.24. The molecular formula is C23H21F3N3O3+. The molecular weight excluding hydrogens is 423 g/mol. The summed E-state index contributed by atoms with van der Waals surface area (Å²) >= 11 is 0. The highest BCUT2D eigenvalue weighted by atomic mass is 19.4. The monoisotopic (exact) mass is 444 g/mol. The Labute approximate surface area is 182 Å². The number of rotatable bonds is 4. The molecule has 166 valence electrons. The summed E-state index contributed by atoms with van der Waals surface area (Å²) in [6.07, 6.45) is -3.91. The zero-order chi connectivity index (χ0) is 22.9. The van der Waals surface area contributed by atoms with Crippen LogP contribution in [0.2, 0.25) is 0 Å². The number of anilines is 1. The zero-order valence-corrected chi connectivity index (χ0v) is 17.3. The SMILES string of the molecule is C[NH+]1CCc2nc3ccccc3c(C(=O)OCC(=O)Nc3ccccc3C(F)(F)F)c2C1. The van der Waals surface area contributed by atoms with Crippen molar-refractivity contribution in [3.05, 3.63) is 70.9 Å². The van der Waals surface area contributed by atoms with Gasteiger partial charge >= 0.3 is 12.1 Å². The molecule has 1 aliphatic rings. The van der Waals surface area contributed by atoms with E-state index in [1.807, 2.05) is 13.1 Å². The Bertz CT molecular complexity index is 1190. The standard InChI is InChI=1S/C23H20F3N3O3/c1-29-11-10-18-15(12-29)21(14-6-2-4-8-17(14)27-18)22(31)32-13-20(30)28-19-9-5-3-7-16(19)23(24,25)26/h2-9H,10-13H2,1H3,(H,28,30)/p+1. The first-order chi connectivity index (χ1) is 15.2. The second kappa shape index (κ2) is 8.58. The Kier molecular flexibility index (Phi) is 5.84. The van der Waals surface area contributed by atoms with Crippen LogP contribution in [0.5, 0.6) is 0 Å². The largest absolute Gasteiger partial charge is 0.452 e. The minimum absolute atomic E-state index is 0.355. The molecule has 1 atom stereocenters. The maximum Gasteiger partial charge on any atom is 0.418 e. The van der Waals surface area contributed by atoms with E-state index in [0.29, 0.717) is 29.4 Å². The van der Waals surface area contributed by atoms with Gasteiger partial charge in [-0.2, -0.15) is 13.2 Å². The van der Waals surface area contributed by atoms with E-state index >= 15 is 0 Å². The van der Waals surface area contributed by atoms with Gasteiger partial charge in [-0.15, -0.1) is 0 Å². The fraction of sp³-hybridized carbons (Fsp3) is 0.261. The summed E-state index contributed by atoms with van der Waals surface area (Å²) in [5.74, 6) is -1.56. The number of carbonyl (C=O) groups is 2. The number of alkyl halides is 3. The van der Waals surface area contributed by atoms with Gasteiger partial charge in [0.1, 0.15) is 6.54 Å². The summed E-state index contributed by atoms with van der Waals surface area (Å²) in [7, 11) is 2.01. The molecule has 0 radical (unpaired) electrons. The molecule has 1 aliphatic heterocycles. The molecule has 2 heterocycles. The van der Waals surface area contributed by atoms with Gasteiger partial charge in [0.25, 0.3) is 5.91 Å². The van der Waals surface area contributed by atoms with Crippen LogP contribution >= 0.6 is 0 Å². The Morgan fingerprint density at radius 3 is 2.62 bits per heavy atom. The van der Waals surface area contributed by atoms with E-state index in [0.717, 1.165) is 29.9 Å². The number of halogens is 3. The van der Waals surface area contributed by atoms with Crippen LogP contribution in [0.25, 0.3) is 10.9 Å². The lowest BCUT2D eigenvalue weighted by atomic mass is 9.96. The first-order valence-corrected chi connectivity index (χ1v) is 10.1. The molecule has 2 N–H and O–H groups in total. The lowest BCUT2D eigenvalue weighted by Crippen LogP contribution is -3.08. The summed E-state index contributed by atoms with van der Waals surface area (Å²) in [5, 5.41) is 2.80. The topological polar surface area (TPSA) is 72.7 Å². The molecule has 1 aromatic heterocycles. The molecule has 0 fully saturated rings. The lowest BCUT2D eigenvalue weighted by molar-refractivity contribution is -0.895. The van der Waals surface area contributed by atoms with Crippen molar-refractivity contribution in [2.24, 2.45) is 0 Å². The molecule has 6 nitrogen and oxygen atoms in total. The number of benzene rings is 2. The summed E-state index contributed by atoms with van der Waals surface area (Å²) in [6.45, 7) is 0.760. The fourth-order valence-corrected chi connectivity index (χ4v) is 3.88. The average Bonchev–Trinajstić information content (AvgIpc) is 2.75. The number of fused-ring (bicyclic) bond motifs is 2. The second-order valence-electron chi connectivity index (χ2n) is 7.73. The van der Waals surface area contributed by atoms with E-state index in [1.165, 1.54) is 17.0 Å². The summed E-state index contributed by atoms with van der Waals surface area (Å²) < 4.78 is 44.6. The van der Waals surface area contributed by atoms with Crippen molar-refractivity contribution in [1.82, 2.24) is 4.98 Å². The van der Waals surface area contributed by atoms with Gasteiger partial charge in [-0.25, -0.2) is 4.79 Å². The van der Waals surface area contributed by atoms with E-state index in [9.17, 15) is 22.8 Å². The molecule has 0 spiro atoms. The number of para-hydroxylation sites is 2. The van der Waals surface area contributed by atoms with E-state index < -0.39 is 35.9 Å². The number of hydrogen-bond acceptors (Lipinski definition) is 4. The number of aromatic nitrogens is 1. The molecule has 0 saturated heterocycles. The first-order valence-electron chi connectivity index (χ1n) is 10.1. The smallest absolute Gasteiger partial charge is 0.418 e. The van der Waals surface area contributed by atoms with Crippen LogP contribution in [-0.2, 0) is 28.7 Å². The second-order valence-corrected chi connectivity index (χ2v) is 7.73. The quantitative estimate of drug-likeness (QED) is 0.607. The number of quaternary nitrogens is 1. The van der Waals surface area contributed by atoms with E-state index in [2.05, 4.69) is 10.3 Å². The van der Waals surface area contributed by atoms with Crippen molar-refractivity contribution in [2.45, 2.75) is 19.1 Å². The number of ether oxygens (including phenoxy) is 1. The highest BCUT2D eigenvalue weighted by Gasteiger charge is 2.34. The van der Waals surface area contributed by atoms with Crippen LogP contribution in [0.4, 0.5) is 18.9 Å². The van der Waals surface area contributed by atoms with E-state index in [1.54, 1.807) is 18.2 Å². The molecule has 1 unspecified atom stereocenters. The van der Waals surface area contributed by atoms with E-state index in [4.69, 9.17) is 4.74 Å². The number of likely N-dealkylation sites (N-methyl/N-ethyl adjacent to an activating group) is 1. The third kappa shape index (κ3) is 4.43. The Morgan fingerprint density at radius 2 is 1.84 bits per heavy atom. The summed E-state index contributed by atoms with van der Waals surface area (Å²) in [4.78, 5) is 31.1. The van der Waals surface area contributed by atoms with Crippen LogP contribution in [0, 0.1) is 0 Å². The van der Waals surface area contributed by atoms with E-state index in [-0.39, 0.29) is 0 Å².